The van der Waals surface area contributed by atoms with E-state index < -0.39 is 23.4 Å². The van der Waals surface area contributed by atoms with Crippen molar-refractivity contribution in [1.82, 2.24) is 20.7 Å². The third kappa shape index (κ3) is 2.52. The summed E-state index contributed by atoms with van der Waals surface area (Å²) in [6, 6.07) is 2.34. The summed E-state index contributed by atoms with van der Waals surface area (Å²) in [5, 5.41) is 3.74. The largest absolute Gasteiger partial charge is 0.344 e. The summed E-state index contributed by atoms with van der Waals surface area (Å²) in [5.41, 5.74) is 1.69. The van der Waals surface area contributed by atoms with Crippen molar-refractivity contribution in [2.75, 3.05) is 0 Å². The maximum Gasteiger partial charge on any atom is 0.344 e. The second-order valence-corrected chi connectivity index (χ2v) is 5.91. The van der Waals surface area contributed by atoms with E-state index in [2.05, 4.69) is 15.7 Å². The van der Waals surface area contributed by atoms with E-state index in [4.69, 9.17) is 11.6 Å². The normalized spacial score (nSPS) is 20.1. The topological polar surface area (TPSA) is 91.4 Å². The Bertz CT molecular complexity index is 625. The summed E-state index contributed by atoms with van der Waals surface area (Å²) in [4.78, 5) is 40.4. The maximum atomic E-state index is 12.5. The van der Waals surface area contributed by atoms with Gasteiger partial charge in [0.05, 0.1) is 5.56 Å². The van der Waals surface area contributed by atoms with Crippen molar-refractivity contribution in [3.8, 4) is 0 Å². The van der Waals surface area contributed by atoms with Crippen LogP contribution in [0.1, 0.15) is 42.5 Å². The lowest BCUT2D eigenvalue weighted by atomic mass is 9.82. The number of aromatic nitrogens is 1. The first-order chi connectivity index (χ1) is 10.5. The fourth-order valence-corrected chi connectivity index (χ4v) is 3.00. The second kappa shape index (κ2) is 5.57. The van der Waals surface area contributed by atoms with Gasteiger partial charge in [0.25, 0.3) is 11.8 Å². The number of rotatable bonds is 2. The smallest absolute Gasteiger partial charge is 0.322 e. The maximum absolute atomic E-state index is 12.5. The van der Waals surface area contributed by atoms with E-state index in [0.717, 1.165) is 24.3 Å². The molecule has 0 unspecified atom stereocenters. The lowest BCUT2D eigenvalue weighted by Crippen LogP contribution is -2.50. The van der Waals surface area contributed by atoms with Crippen LogP contribution >= 0.6 is 11.6 Å². The minimum atomic E-state index is -0.860. The molecule has 116 valence electrons. The van der Waals surface area contributed by atoms with Gasteiger partial charge in [-0.1, -0.05) is 30.9 Å². The van der Waals surface area contributed by atoms with Crippen molar-refractivity contribution >= 4 is 29.4 Å². The quantitative estimate of drug-likeness (QED) is 0.639. The Labute approximate surface area is 132 Å². The molecule has 2 N–H and O–H groups in total. The van der Waals surface area contributed by atoms with Crippen LogP contribution in [-0.4, -0.2) is 33.4 Å². The second-order valence-electron chi connectivity index (χ2n) is 5.52. The number of nitrogens with one attached hydrogen (secondary N) is 2. The Balaban J connectivity index is 1.74. The first-order valence-corrected chi connectivity index (χ1v) is 7.49. The molecule has 1 aromatic heterocycles. The average molecular weight is 323 g/mol. The molecule has 2 heterocycles. The van der Waals surface area contributed by atoms with E-state index in [-0.39, 0.29) is 10.7 Å². The van der Waals surface area contributed by atoms with E-state index in [1.807, 2.05) is 0 Å². The third-order valence-corrected chi connectivity index (χ3v) is 4.30. The molecule has 0 bridgehead atoms. The summed E-state index contributed by atoms with van der Waals surface area (Å²) in [6.45, 7) is 0. The van der Waals surface area contributed by atoms with Crippen LogP contribution in [0.4, 0.5) is 4.79 Å². The highest BCUT2D eigenvalue weighted by molar-refractivity contribution is 6.29. The highest BCUT2D eigenvalue weighted by Gasteiger charge is 2.52. The van der Waals surface area contributed by atoms with Crippen molar-refractivity contribution in [2.24, 2.45) is 0 Å². The predicted octanol–water partition coefficient (Wildman–Crippen LogP) is 1.63. The van der Waals surface area contributed by atoms with Crippen LogP contribution < -0.4 is 10.7 Å². The van der Waals surface area contributed by atoms with Crippen molar-refractivity contribution in [1.29, 1.82) is 0 Å². The number of hydrazine groups is 1. The molecule has 7 nitrogen and oxygen atoms in total. The number of amides is 4. The standard InChI is InChI=1S/C14H15ClN4O3/c15-10-5-4-9(8-16-10)11(20)18-19-12(21)14(17-13(19)22)6-2-1-3-7-14/h4-5,8H,1-3,6-7H2,(H,17,22)(H,18,20). The molecule has 2 fully saturated rings. The Morgan fingerprint density at radius 2 is 2.00 bits per heavy atom. The zero-order valence-corrected chi connectivity index (χ0v) is 12.5. The van der Waals surface area contributed by atoms with E-state index in [1.165, 1.54) is 18.3 Å². The number of imide groups is 1. The van der Waals surface area contributed by atoms with Gasteiger partial charge >= 0.3 is 6.03 Å². The van der Waals surface area contributed by atoms with Gasteiger partial charge in [0, 0.05) is 6.20 Å². The number of urea groups is 1. The van der Waals surface area contributed by atoms with Crippen LogP contribution in [0.25, 0.3) is 0 Å². The van der Waals surface area contributed by atoms with Gasteiger partial charge in [0.1, 0.15) is 10.7 Å². The van der Waals surface area contributed by atoms with Crippen molar-refractivity contribution in [3.05, 3.63) is 29.0 Å². The fourth-order valence-electron chi connectivity index (χ4n) is 2.89. The van der Waals surface area contributed by atoms with Gasteiger partial charge < -0.3 is 5.32 Å². The first kappa shape index (κ1) is 14.8. The van der Waals surface area contributed by atoms with Gasteiger partial charge in [-0.3, -0.25) is 15.0 Å². The lowest BCUT2D eigenvalue weighted by molar-refractivity contribution is -0.134. The molecule has 0 atom stereocenters. The molecule has 0 radical (unpaired) electrons. The van der Waals surface area contributed by atoms with E-state index in [9.17, 15) is 14.4 Å². The Kier molecular flexibility index (Phi) is 3.74. The summed E-state index contributed by atoms with van der Waals surface area (Å²) >= 11 is 5.66. The van der Waals surface area contributed by atoms with Gasteiger partial charge in [0.15, 0.2) is 0 Å². The van der Waals surface area contributed by atoms with Crippen LogP contribution in [0.15, 0.2) is 18.3 Å². The average Bonchev–Trinajstić information content (AvgIpc) is 2.73. The molecule has 1 spiro atoms. The van der Waals surface area contributed by atoms with E-state index in [1.54, 1.807) is 0 Å². The molecule has 1 saturated heterocycles. The molecular weight excluding hydrogens is 308 g/mol. The monoisotopic (exact) mass is 322 g/mol. The van der Waals surface area contributed by atoms with E-state index in [0.29, 0.717) is 12.8 Å². The van der Waals surface area contributed by atoms with Gasteiger partial charge in [-0.2, -0.15) is 5.01 Å². The van der Waals surface area contributed by atoms with Crippen molar-refractivity contribution < 1.29 is 14.4 Å². The predicted molar refractivity (Wildman–Crippen MR) is 77.9 cm³/mol. The van der Waals surface area contributed by atoms with Gasteiger partial charge in [-0.05, 0) is 25.0 Å². The number of halogens is 1. The highest BCUT2D eigenvalue weighted by Crippen LogP contribution is 2.33. The molecule has 1 saturated carbocycles. The van der Waals surface area contributed by atoms with Crippen LogP contribution in [0.2, 0.25) is 5.15 Å². The summed E-state index contributed by atoms with van der Waals surface area (Å²) in [7, 11) is 0. The fraction of sp³-hybridized carbons (Fsp3) is 0.429. The SMILES string of the molecule is O=C(NN1C(=O)NC2(CCCCC2)C1=O)c1ccc(Cl)nc1. The highest BCUT2D eigenvalue weighted by atomic mass is 35.5. The summed E-state index contributed by atoms with van der Waals surface area (Å²) in [5.74, 6) is -0.979. The molecule has 0 aromatic carbocycles. The Hall–Kier alpha value is -2.15. The number of carbonyl (C=O) groups excluding carboxylic acids is 3. The van der Waals surface area contributed by atoms with Crippen molar-refractivity contribution in [3.63, 3.8) is 0 Å². The first-order valence-electron chi connectivity index (χ1n) is 7.11. The van der Waals surface area contributed by atoms with Crippen LogP contribution in [0.5, 0.6) is 0 Å². The summed E-state index contributed by atoms with van der Waals surface area (Å²) in [6.07, 6.45) is 5.31. The Morgan fingerprint density at radius 3 is 2.64 bits per heavy atom. The Morgan fingerprint density at radius 1 is 1.27 bits per heavy atom. The minimum Gasteiger partial charge on any atom is -0.322 e. The number of pyridine rings is 1. The van der Waals surface area contributed by atoms with Crippen molar-refractivity contribution in [2.45, 2.75) is 37.6 Å². The molecule has 3 rings (SSSR count). The number of nitrogens with zero attached hydrogens (tertiary/aromatic N) is 2. The van der Waals surface area contributed by atoms with Crippen LogP contribution in [-0.2, 0) is 4.79 Å². The zero-order valence-electron chi connectivity index (χ0n) is 11.8. The number of hydrogen-bond donors (Lipinski definition) is 2. The van der Waals surface area contributed by atoms with Crippen LogP contribution in [0.3, 0.4) is 0 Å². The van der Waals surface area contributed by atoms with Gasteiger partial charge in [-0.25, -0.2) is 9.78 Å². The van der Waals surface area contributed by atoms with E-state index >= 15 is 0 Å². The molecule has 8 heteroatoms. The lowest BCUT2D eigenvalue weighted by Gasteiger charge is -2.30. The summed E-state index contributed by atoms with van der Waals surface area (Å²) < 4.78 is 0. The molecular formula is C14H15ClN4O3. The molecule has 1 aliphatic heterocycles. The number of carbonyl (C=O) groups is 3. The van der Waals surface area contributed by atoms with Gasteiger partial charge in [-0.15, -0.1) is 0 Å². The third-order valence-electron chi connectivity index (χ3n) is 4.07. The molecule has 1 aliphatic carbocycles. The molecule has 4 amide bonds. The van der Waals surface area contributed by atoms with Crippen LogP contribution in [0, 0.1) is 0 Å². The number of hydrogen-bond acceptors (Lipinski definition) is 4. The zero-order chi connectivity index (χ0) is 15.7. The minimum absolute atomic E-state index is 0.217. The molecule has 22 heavy (non-hydrogen) atoms. The molecule has 1 aromatic rings. The van der Waals surface area contributed by atoms with Gasteiger partial charge in [0.2, 0.25) is 0 Å². The molecule has 2 aliphatic rings.